The highest BCUT2D eigenvalue weighted by Crippen LogP contribution is 2.70. The fourth-order valence-electron chi connectivity index (χ4n) is 6.36. The van der Waals surface area contributed by atoms with Gasteiger partial charge in [-0.05, 0) is 23.3 Å². The number of hydrogen-bond donors (Lipinski definition) is 1. The molecule has 0 aromatic heterocycles. The van der Waals surface area contributed by atoms with Gasteiger partial charge in [0.2, 0.25) is 17.1 Å². The molecule has 4 fully saturated rings. The standard InChI is InChI=1S/C28H24N4O5/c29-16-25(17-30)23(20-7-4-8-21(13-20)33-15-19-5-2-1-3-6-19)36-28-10-9-26(34-11-12-35-26)14-22(28)27(25,18-31)24(32)37-28/h1-8,13,22-23,32H,9-12,14-15H2. The average Bonchev–Trinajstić information content (AvgIpc) is 3.47. The van der Waals surface area contributed by atoms with E-state index >= 15 is 0 Å². The van der Waals surface area contributed by atoms with Gasteiger partial charge in [-0.2, -0.15) is 15.8 Å². The Hall–Kier alpha value is -3.94. The van der Waals surface area contributed by atoms with E-state index < -0.39 is 40.3 Å². The van der Waals surface area contributed by atoms with Crippen LogP contribution >= 0.6 is 0 Å². The Morgan fingerprint density at radius 2 is 1.70 bits per heavy atom. The van der Waals surface area contributed by atoms with Crippen LogP contribution in [0.5, 0.6) is 5.75 Å². The summed E-state index contributed by atoms with van der Waals surface area (Å²) in [6, 6.07) is 23.1. The molecule has 1 aliphatic carbocycles. The summed E-state index contributed by atoms with van der Waals surface area (Å²) in [6.45, 7) is 1.17. The van der Waals surface area contributed by atoms with Crippen LogP contribution in [-0.2, 0) is 25.6 Å². The number of nitrogens with zero attached hydrogens (tertiary/aromatic N) is 3. The van der Waals surface area contributed by atoms with E-state index in [0.717, 1.165) is 5.56 Å². The third-order valence-electron chi connectivity index (χ3n) is 8.14. The first-order valence-electron chi connectivity index (χ1n) is 12.2. The molecule has 1 spiro atoms. The third-order valence-corrected chi connectivity index (χ3v) is 8.14. The molecule has 4 aliphatic rings. The van der Waals surface area contributed by atoms with Crippen molar-refractivity contribution in [3.05, 3.63) is 65.7 Å². The number of ether oxygens (including phenoxy) is 5. The lowest BCUT2D eigenvalue weighted by atomic mass is 9.51. The lowest BCUT2D eigenvalue weighted by molar-refractivity contribution is -0.330. The van der Waals surface area contributed by atoms with Crippen LogP contribution in [0.3, 0.4) is 0 Å². The molecule has 9 nitrogen and oxygen atoms in total. The molecule has 6 rings (SSSR count). The molecule has 1 saturated carbocycles. The van der Waals surface area contributed by atoms with Crippen molar-refractivity contribution in [2.75, 3.05) is 13.2 Å². The van der Waals surface area contributed by atoms with Crippen molar-refractivity contribution in [3.63, 3.8) is 0 Å². The summed E-state index contributed by atoms with van der Waals surface area (Å²) in [4.78, 5) is 0. The van der Waals surface area contributed by atoms with Gasteiger partial charge in [-0.1, -0.05) is 42.5 Å². The van der Waals surface area contributed by atoms with E-state index in [2.05, 4.69) is 18.2 Å². The van der Waals surface area contributed by atoms with Crippen molar-refractivity contribution in [1.82, 2.24) is 0 Å². The van der Waals surface area contributed by atoms with Gasteiger partial charge in [0.25, 0.3) is 0 Å². The van der Waals surface area contributed by atoms with Crippen molar-refractivity contribution in [3.8, 4) is 24.0 Å². The molecule has 0 amide bonds. The number of benzene rings is 2. The molecule has 2 bridgehead atoms. The molecule has 2 aromatic rings. The molecule has 37 heavy (non-hydrogen) atoms. The van der Waals surface area contributed by atoms with Gasteiger partial charge in [0, 0.05) is 19.3 Å². The molecular formula is C28H24N4O5. The molecule has 3 saturated heterocycles. The van der Waals surface area contributed by atoms with Crippen LogP contribution in [0, 0.1) is 56.2 Å². The largest absolute Gasteiger partial charge is 0.489 e. The highest BCUT2D eigenvalue weighted by Gasteiger charge is 2.82. The SMILES string of the molecule is N#CC1(C#N)C(c2cccc(OCc3ccccc3)c2)OC23CCC4(CC2C1(C#N)C(=N)O3)OCCO4. The summed E-state index contributed by atoms with van der Waals surface area (Å²) in [6.07, 6.45) is -0.240. The number of nitrogens with one attached hydrogen (secondary N) is 1. The zero-order valence-electron chi connectivity index (χ0n) is 20.0. The van der Waals surface area contributed by atoms with Gasteiger partial charge in [-0.25, -0.2) is 0 Å². The predicted octanol–water partition coefficient (Wildman–Crippen LogP) is 4.13. The monoisotopic (exact) mass is 496 g/mol. The molecule has 4 unspecified atom stereocenters. The Balaban J connectivity index is 1.41. The molecule has 3 heterocycles. The smallest absolute Gasteiger partial charge is 0.218 e. The molecular weight excluding hydrogens is 472 g/mol. The Morgan fingerprint density at radius 1 is 0.946 bits per heavy atom. The maximum absolute atomic E-state index is 10.6. The summed E-state index contributed by atoms with van der Waals surface area (Å²) < 4.78 is 30.3. The number of hydrogen-bond acceptors (Lipinski definition) is 9. The maximum atomic E-state index is 10.6. The minimum atomic E-state index is -2.06. The van der Waals surface area contributed by atoms with Gasteiger partial charge < -0.3 is 23.7 Å². The van der Waals surface area contributed by atoms with Crippen LogP contribution in [0.2, 0.25) is 0 Å². The topological polar surface area (TPSA) is 141 Å². The fourth-order valence-corrected chi connectivity index (χ4v) is 6.36. The normalized spacial score (nSPS) is 32.4. The zero-order chi connectivity index (χ0) is 25.7. The van der Waals surface area contributed by atoms with Gasteiger partial charge in [0.05, 0.1) is 37.3 Å². The van der Waals surface area contributed by atoms with Crippen molar-refractivity contribution in [2.45, 2.75) is 43.5 Å². The van der Waals surface area contributed by atoms with Gasteiger partial charge in [-0.3, -0.25) is 5.41 Å². The second-order valence-corrected chi connectivity index (χ2v) is 9.90. The highest BCUT2D eigenvalue weighted by atomic mass is 16.7. The van der Waals surface area contributed by atoms with Gasteiger partial charge >= 0.3 is 0 Å². The second-order valence-electron chi connectivity index (χ2n) is 9.90. The molecule has 1 N–H and O–H groups in total. The van der Waals surface area contributed by atoms with Crippen LogP contribution in [0.1, 0.15) is 36.5 Å². The maximum Gasteiger partial charge on any atom is 0.218 e. The van der Waals surface area contributed by atoms with Crippen LogP contribution in [0.4, 0.5) is 0 Å². The highest BCUT2D eigenvalue weighted by molar-refractivity contribution is 5.89. The summed E-state index contributed by atoms with van der Waals surface area (Å²) in [5, 5.41) is 40.4. The molecule has 9 heteroatoms. The number of rotatable bonds is 4. The quantitative estimate of drug-likeness (QED) is 0.666. The Bertz CT molecular complexity index is 1360. The Morgan fingerprint density at radius 3 is 2.41 bits per heavy atom. The van der Waals surface area contributed by atoms with E-state index in [9.17, 15) is 15.8 Å². The van der Waals surface area contributed by atoms with Gasteiger partial charge in [-0.15, -0.1) is 0 Å². The van der Waals surface area contributed by atoms with Crippen molar-refractivity contribution in [1.29, 1.82) is 21.2 Å². The van der Waals surface area contributed by atoms with Gasteiger partial charge in [0.15, 0.2) is 11.2 Å². The molecule has 0 radical (unpaired) electrons. The van der Waals surface area contributed by atoms with E-state index in [1.807, 2.05) is 30.3 Å². The number of nitriles is 3. The Labute approximate surface area is 214 Å². The van der Waals surface area contributed by atoms with Crippen molar-refractivity contribution >= 4 is 5.90 Å². The first-order valence-corrected chi connectivity index (χ1v) is 12.2. The zero-order valence-corrected chi connectivity index (χ0v) is 20.0. The van der Waals surface area contributed by atoms with E-state index in [0.29, 0.717) is 37.6 Å². The average molecular weight is 497 g/mol. The minimum Gasteiger partial charge on any atom is -0.489 e. The summed E-state index contributed by atoms with van der Waals surface area (Å²) in [5.74, 6) is -2.98. The lowest BCUT2D eigenvalue weighted by Crippen LogP contribution is -2.63. The fraction of sp³-hybridized carbons (Fsp3) is 0.429. The van der Waals surface area contributed by atoms with Crippen molar-refractivity contribution in [2.24, 2.45) is 16.7 Å². The van der Waals surface area contributed by atoms with Crippen LogP contribution in [0.15, 0.2) is 54.6 Å². The van der Waals surface area contributed by atoms with Crippen LogP contribution in [-0.4, -0.2) is 30.7 Å². The summed E-state index contributed by atoms with van der Waals surface area (Å²) >= 11 is 0. The molecule has 2 aromatic carbocycles. The van der Waals surface area contributed by atoms with E-state index in [4.69, 9.17) is 29.1 Å². The van der Waals surface area contributed by atoms with E-state index in [-0.39, 0.29) is 12.8 Å². The molecule has 4 atom stereocenters. The first-order chi connectivity index (χ1) is 18.0. The van der Waals surface area contributed by atoms with Gasteiger partial charge in [0.1, 0.15) is 18.5 Å². The van der Waals surface area contributed by atoms with Crippen LogP contribution in [0.25, 0.3) is 0 Å². The summed E-state index contributed by atoms with van der Waals surface area (Å²) in [5.41, 5.74) is -2.44. The first kappa shape index (κ1) is 23.5. The minimum absolute atomic E-state index is 0.182. The van der Waals surface area contributed by atoms with Crippen molar-refractivity contribution < 1.29 is 23.7 Å². The Kier molecular flexibility index (Phi) is 5.26. The molecule has 3 aliphatic heterocycles. The van der Waals surface area contributed by atoms with E-state index in [1.165, 1.54) is 0 Å². The summed E-state index contributed by atoms with van der Waals surface area (Å²) in [7, 11) is 0. The lowest BCUT2D eigenvalue weighted by Gasteiger charge is -2.54. The molecule has 186 valence electrons. The second kappa shape index (κ2) is 8.30. The van der Waals surface area contributed by atoms with Crippen LogP contribution < -0.4 is 4.74 Å². The van der Waals surface area contributed by atoms with E-state index in [1.54, 1.807) is 24.3 Å². The third kappa shape index (κ3) is 3.14. The predicted molar refractivity (Wildman–Crippen MR) is 126 cm³/mol.